The second kappa shape index (κ2) is 8.68. The number of carbonyl (C=O) groups is 1. The van der Waals surface area contributed by atoms with Gasteiger partial charge < -0.3 is 24.4 Å². The minimum atomic E-state index is -0.208. The van der Waals surface area contributed by atoms with Crippen molar-refractivity contribution < 1.29 is 19.0 Å². The molecule has 3 rings (SSSR count). The summed E-state index contributed by atoms with van der Waals surface area (Å²) in [5.74, 6) is 1.56. The quantitative estimate of drug-likeness (QED) is 0.824. The Morgan fingerprint density at radius 3 is 2.59 bits per heavy atom. The Bertz CT molecular complexity index is 806. The van der Waals surface area contributed by atoms with E-state index in [9.17, 15) is 4.79 Å². The first-order valence-electron chi connectivity index (χ1n) is 8.78. The van der Waals surface area contributed by atoms with Crippen LogP contribution in [0.1, 0.15) is 21.7 Å². The van der Waals surface area contributed by atoms with Gasteiger partial charge in [0.05, 0.1) is 39.7 Å². The van der Waals surface area contributed by atoms with Crippen molar-refractivity contribution in [2.75, 3.05) is 45.4 Å². The summed E-state index contributed by atoms with van der Waals surface area (Å²) >= 11 is 0. The molecule has 0 aliphatic carbocycles. The molecule has 0 atom stereocenters. The summed E-state index contributed by atoms with van der Waals surface area (Å²) in [6.45, 7) is 5.10. The largest absolute Gasteiger partial charge is 0.493 e. The smallest absolute Gasteiger partial charge is 0.251 e. The molecule has 0 radical (unpaired) electrons. The van der Waals surface area contributed by atoms with E-state index in [0.717, 1.165) is 24.5 Å². The third-order valence-electron chi connectivity index (χ3n) is 4.27. The zero-order valence-corrected chi connectivity index (χ0v) is 15.8. The Morgan fingerprint density at radius 2 is 1.89 bits per heavy atom. The first-order chi connectivity index (χ1) is 13.1. The number of carbonyl (C=O) groups excluding carboxylic acids is 1. The molecule has 1 fully saturated rings. The van der Waals surface area contributed by atoms with E-state index < -0.39 is 0 Å². The molecule has 2 aromatic rings. The molecule has 1 aliphatic rings. The molecule has 1 aliphatic heterocycles. The fourth-order valence-electron chi connectivity index (χ4n) is 2.86. The highest BCUT2D eigenvalue weighted by Crippen LogP contribution is 2.27. The van der Waals surface area contributed by atoms with Crippen molar-refractivity contribution in [1.82, 2.24) is 15.3 Å². The molecule has 0 bridgehead atoms. The van der Waals surface area contributed by atoms with Crippen LogP contribution in [0.3, 0.4) is 0 Å². The molecule has 0 spiro atoms. The number of anilines is 1. The lowest BCUT2D eigenvalue weighted by Crippen LogP contribution is -2.37. The van der Waals surface area contributed by atoms with Gasteiger partial charge in [-0.05, 0) is 31.2 Å². The number of benzene rings is 1. The summed E-state index contributed by atoms with van der Waals surface area (Å²) in [5, 5.41) is 2.89. The normalized spacial score (nSPS) is 14.0. The van der Waals surface area contributed by atoms with Gasteiger partial charge in [-0.15, -0.1) is 0 Å². The molecule has 2 heterocycles. The highest BCUT2D eigenvalue weighted by molar-refractivity contribution is 5.94. The number of aromatic nitrogens is 2. The molecular formula is C19H24N4O4. The molecule has 0 unspecified atom stereocenters. The predicted molar refractivity (Wildman–Crippen MR) is 101 cm³/mol. The van der Waals surface area contributed by atoms with E-state index in [4.69, 9.17) is 14.2 Å². The highest BCUT2D eigenvalue weighted by Gasteiger charge is 2.16. The van der Waals surface area contributed by atoms with E-state index in [1.54, 1.807) is 25.3 Å². The van der Waals surface area contributed by atoms with Crippen LogP contribution in [0, 0.1) is 6.92 Å². The van der Waals surface area contributed by atoms with Crippen LogP contribution in [0.4, 0.5) is 5.95 Å². The van der Waals surface area contributed by atoms with Crippen LogP contribution >= 0.6 is 0 Å². The molecule has 8 nitrogen and oxygen atoms in total. The molecule has 0 saturated carbocycles. The Hall–Kier alpha value is -2.87. The first-order valence-corrected chi connectivity index (χ1v) is 8.78. The maximum atomic E-state index is 12.5. The Morgan fingerprint density at radius 1 is 1.15 bits per heavy atom. The first kappa shape index (κ1) is 18.9. The Balaban J connectivity index is 1.69. The number of hydrogen-bond donors (Lipinski definition) is 1. The fraction of sp³-hybridized carbons (Fsp3) is 0.421. The number of rotatable bonds is 6. The van der Waals surface area contributed by atoms with Crippen LogP contribution < -0.4 is 19.7 Å². The highest BCUT2D eigenvalue weighted by atomic mass is 16.5. The minimum absolute atomic E-state index is 0.208. The Labute approximate surface area is 158 Å². The van der Waals surface area contributed by atoms with Gasteiger partial charge in [0.1, 0.15) is 0 Å². The second-order valence-electron chi connectivity index (χ2n) is 6.15. The SMILES string of the molecule is COc1ccc(C(=O)NCc2cc(C)nc(N3CCOCC3)n2)cc1OC. The van der Waals surface area contributed by atoms with Crippen molar-refractivity contribution in [3.05, 3.63) is 41.2 Å². The van der Waals surface area contributed by atoms with Gasteiger partial charge in [-0.25, -0.2) is 9.97 Å². The fourth-order valence-corrected chi connectivity index (χ4v) is 2.86. The van der Waals surface area contributed by atoms with Gasteiger partial charge in [-0.2, -0.15) is 0 Å². The molecular weight excluding hydrogens is 348 g/mol. The van der Waals surface area contributed by atoms with Crippen molar-refractivity contribution in [1.29, 1.82) is 0 Å². The van der Waals surface area contributed by atoms with E-state index in [2.05, 4.69) is 20.2 Å². The predicted octanol–water partition coefficient (Wildman–Crippen LogP) is 1.57. The monoisotopic (exact) mass is 372 g/mol. The van der Waals surface area contributed by atoms with E-state index in [-0.39, 0.29) is 5.91 Å². The number of amides is 1. The van der Waals surface area contributed by atoms with Crippen molar-refractivity contribution >= 4 is 11.9 Å². The van der Waals surface area contributed by atoms with Crippen LogP contribution in [0.25, 0.3) is 0 Å². The Kier molecular flexibility index (Phi) is 6.08. The number of hydrogen-bond acceptors (Lipinski definition) is 7. The summed E-state index contributed by atoms with van der Waals surface area (Å²) in [7, 11) is 3.09. The van der Waals surface area contributed by atoms with Gasteiger partial charge in [0.15, 0.2) is 11.5 Å². The summed E-state index contributed by atoms with van der Waals surface area (Å²) in [4.78, 5) is 23.7. The van der Waals surface area contributed by atoms with E-state index in [0.29, 0.717) is 42.8 Å². The topological polar surface area (TPSA) is 85.8 Å². The van der Waals surface area contributed by atoms with Gasteiger partial charge in [0.25, 0.3) is 5.91 Å². The van der Waals surface area contributed by atoms with Crippen LogP contribution in [-0.4, -0.2) is 56.4 Å². The van der Waals surface area contributed by atoms with Crippen molar-refractivity contribution in [2.45, 2.75) is 13.5 Å². The van der Waals surface area contributed by atoms with Crippen LogP contribution in [0.2, 0.25) is 0 Å². The minimum Gasteiger partial charge on any atom is -0.493 e. The standard InChI is InChI=1S/C19H24N4O4/c1-13-10-15(22-19(21-13)23-6-8-27-9-7-23)12-20-18(24)14-4-5-16(25-2)17(11-14)26-3/h4-5,10-11H,6-9,12H2,1-3H3,(H,20,24). The zero-order chi connectivity index (χ0) is 19.2. The number of nitrogens with one attached hydrogen (secondary N) is 1. The van der Waals surface area contributed by atoms with Crippen molar-refractivity contribution in [2.24, 2.45) is 0 Å². The van der Waals surface area contributed by atoms with Crippen LogP contribution in [0.5, 0.6) is 11.5 Å². The molecule has 1 amide bonds. The third kappa shape index (κ3) is 4.65. The molecule has 1 N–H and O–H groups in total. The summed E-state index contributed by atoms with van der Waals surface area (Å²) in [6, 6.07) is 6.93. The van der Waals surface area contributed by atoms with E-state index in [1.165, 1.54) is 7.11 Å². The van der Waals surface area contributed by atoms with Gasteiger partial charge >= 0.3 is 0 Å². The number of methoxy groups -OCH3 is 2. The lowest BCUT2D eigenvalue weighted by molar-refractivity contribution is 0.0950. The van der Waals surface area contributed by atoms with Crippen LogP contribution in [0.15, 0.2) is 24.3 Å². The van der Waals surface area contributed by atoms with Crippen molar-refractivity contribution in [3.8, 4) is 11.5 Å². The average molecular weight is 372 g/mol. The molecule has 144 valence electrons. The van der Waals surface area contributed by atoms with Crippen molar-refractivity contribution in [3.63, 3.8) is 0 Å². The van der Waals surface area contributed by atoms with Crippen LogP contribution in [-0.2, 0) is 11.3 Å². The number of aryl methyl sites for hydroxylation is 1. The van der Waals surface area contributed by atoms with E-state index >= 15 is 0 Å². The number of ether oxygens (including phenoxy) is 3. The molecule has 1 saturated heterocycles. The summed E-state index contributed by atoms with van der Waals surface area (Å²) < 4.78 is 15.8. The van der Waals surface area contributed by atoms with Gasteiger partial charge in [0.2, 0.25) is 5.95 Å². The van der Waals surface area contributed by atoms with Gasteiger partial charge in [-0.1, -0.05) is 0 Å². The molecule has 1 aromatic heterocycles. The molecule has 1 aromatic carbocycles. The lowest BCUT2D eigenvalue weighted by atomic mass is 10.2. The average Bonchev–Trinajstić information content (AvgIpc) is 2.71. The number of morpholine rings is 1. The number of nitrogens with zero attached hydrogens (tertiary/aromatic N) is 3. The second-order valence-corrected chi connectivity index (χ2v) is 6.15. The maximum Gasteiger partial charge on any atom is 0.251 e. The lowest BCUT2D eigenvalue weighted by Gasteiger charge is -2.27. The maximum absolute atomic E-state index is 12.5. The van der Waals surface area contributed by atoms with Gasteiger partial charge in [0, 0.05) is 24.3 Å². The molecule has 27 heavy (non-hydrogen) atoms. The van der Waals surface area contributed by atoms with Gasteiger partial charge in [-0.3, -0.25) is 4.79 Å². The zero-order valence-electron chi connectivity index (χ0n) is 15.8. The summed E-state index contributed by atoms with van der Waals surface area (Å²) in [6.07, 6.45) is 0. The van der Waals surface area contributed by atoms with E-state index in [1.807, 2.05) is 13.0 Å². The summed E-state index contributed by atoms with van der Waals surface area (Å²) in [5.41, 5.74) is 2.12. The molecule has 8 heteroatoms. The third-order valence-corrected chi connectivity index (χ3v) is 4.27.